The smallest absolute Gasteiger partial charge is 0.261 e. The molecule has 0 heterocycles. The first kappa shape index (κ1) is 23.6. The van der Waals surface area contributed by atoms with E-state index in [4.69, 9.17) is 4.43 Å². The highest BCUT2D eigenvalue weighted by molar-refractivity contribution is 6.99. The van der Waals surface area contributed by atoms with E-state index in [0.29, 0.717) is 13.0 Å². The van der Waals surface area contributed by atoms with Crippen LogP contribution in [0.25, 0.3) is 0 Å². The number of aliphatic hydroxyl groups excluding tert-OH is 1. The zero-order valence-corrected chi connectivity index (χ0v) is 19.7. The standard InChI is InChI=1S/C26H38O2Si/c1-6-7-10-15-23(27)20-22(2)21-28-29(26(3,4)5,24-16-11-8-12-17-24)25-18-13-9-14-19-25/h8-9,11-14,16-19,23,27H,2,6-7,10,15,20-21H2,1,3-5H3/t23-/m0/s1. The van der Waals surface area contributed by atoms with Crippen molar-refractivity contribution < 1.29 is 9.53 Å². The number of hydrogen-bond donors (Lipinski definition) is 1. The zero-order chi connectivity index (χ0) is 21.3. The van der Waals surface area contributed by atoms with Crippen LogP contribution in [-0.2, 0) is 4.43 Å². The first-order valence-corrected chi connectivity index (χ1v) is 12.8. The molecule has 0 spiro atoms. The predicted molar refractivity (Wildman–Crippen MR) is 127 cm³/mol. The maximum Gasteiger partial charge on any atom is 0.261 e. The number of hydrogen-bond acceptors (Lipinski definition) is 2. The van der Waals surface area contributed by atoms with Gasteiger partial charge in [0, 0.05) is 0 Å². The summed E-state index contributed by atoms with van der Waals surface area (Å²) in [6.07, 6.45) is 4.54. The van der Waals surface area contributed by atoms with Gasteiger partial charge in [-0.2, -0.15) is 0 Å². The van der Waals surface area contributed by atoms with E-state index in [-0.39, 0.29) is 11.1 Å². The molecule has 0 fully saturated rings. The number of rotatable bonds is 11. The molecule has 2 aromatic rings. The molecule has 0 amide bonds. The van der Waals surface area contributed by atoms with E-state index < -0.39 is 8.32 Å². The molecule has 0 radical (unpaired) electrons. The first-order chi connectivity index (χ1) is 13.8. The summed E-state index contributed by atoms with van der Waals surface area (Å²) in [7, 11) is -2.54. The lowest BCUT2D eigenvalue weighted by atomic mass is 10.0. The molecule has 0 aliphatic carbocycles. The summed E-state index contributed by atoms with van der Waals surface area (Å²) >= 11 is 0. The molecule has 0 saturated carbocycles. The first-order valence-electron chi connectivity index (χ1n) is 10.9. The molecule has 0 unspecified atom stereocenters. The van der Waals surface area contributed by atoms with Crippen molar-refractivity contribution in [2.45, 2.75) is 70.9 Å². The molecule has 0 aromatic heterocycles. The van der Waals surface area contributed by atoms with Crippen LogP contribution in [0.4, 0.5) is 0 Å². The van der Waals surface area contributed by atoms with Crippen LogP contribution in [0.5, 0.6) is 0 Å². The number of benzene rings is 2. The molecule has 1 N–H and O–H groups in total. The van der Waals surface area contributed by atoms with Crippen LogP contribution in [0.3, 0.4) is 0 Å². The highest BCUT2D eigenvalue weighted by Gasteiger charge is 2.50. The van der Waals surface area contributed by atoms with Gasteiger partial charge in [-0.15, -0.1) is 0 Å². The average molecular weight is 411 g/mol. The van der Waals surface area contributed by atoms with Gasteiger partial charge in [-0.05, 0) is 28.3 Å². The van der Waals surface area contributed by atoms with Crippen molar-refractivity contribution in [3.05, 3.63) is 72.8 Å². The molecule has 158 valence electrons. The van der Waals surface area contributed by atoms with E-state index in [1.54, 1.807) is 0 Å². The summed E-state index contributed by atoms with van der Waals surface area (Å²) in [5.41, 5.74) is 0.974. The van der Waals surface area contributed by atoms with E-state index in [1.165, 1.54) is 23.2 Å². The lowest BCUT2D eigenvalue weighted by Gasteiger charge is -2.43. The van der Waals surface area contributed by atoms with Gasteiger partial charge >= 0.3 is 0 Å². The Labute approximate surface area is 178 Å². The molecule has 29 heavy (non-hydrogen) atoms. The van der Waals surface area contributed by atoms with Crippen molar-refractivity contribution in [1.82, 2.24) is 0 Å². The minimum absolute atomic E-state index is 0.0459. The maximum absolute atomic E-state index is 10.4. The summed E-state index contributed by atoms with van der Waals surface area (Å²) in [6, 6.07) is 21.3. The normalized spacial score (nSPS) is 13.3. The van der Waals surface area contributed by atoms with Crippen LogP contribution < -0.4 is 10.4 Å². The lowest BCUT2D eigenvalue weighted by Crippen LogP contribution is -2.66. The van der Waals surface area contributed by atoms with Gasteiger partial charge in [0.2, 0.25) is 0 Å². The SMILES string of the molecule is C=C(CO[Si](c1ccccc1)(c1ccccc1)C(C)(C)C)C[C@@H](O)CCCCC. The van der Waals surface area contributed by atoms with Crippen LogP contribution in [0.15, 0.2) is 72.8 Å². The Bertz CT molecular complexity index is 695. The Hall–Kier alpha value is -1.68. The Kier molecular flexibility index (Phi) is 8.88. The largest absolute Gasteiger partial charge is 0.403 e. The van der Waals surface area contributed by atoms with Crippen LogP contribution in [0.1, 0.15) is 59.8 Å². The Morgan fingerprint density at radius 3 is 1.93 bits per heavy atom. The second kappa shape index (κ2) is 10.9. The van der Waals surface area contributed by atoms with Crippen LogP contribution in [0, 0.1) is 0 Å². The molecule has 2 aromatic carbocycles. The van der Waals surface area contributed by atoms with Crippen molar-refractivity contribution >= 4 is 18.7 Å². The summed E-state index contributed by atoms with van der Waals surface area (Å²) in [5.74, 6) is 0. The minimum Gasteiger partial charge on any atom is -0.403 e. The Balaban J connectivity index is 2.26. The third-order valence-electron chi connectivity index (χ3n) is 5.57. The fraction of sp³-hybridized carbons (Fsp3) is 0.462. The molecule has 2 rings (SSSR count). The number of unbranched alkanes of at least 4 members (excludes halogenated alkanes) is 2. The molecule has 2 nitrogen and oxygen atoms in total. The predicted octanol–water partition coefficient (Wildman–Crippen LogP) is 5.45. The second-order valence-electron chi connectivity index (χ2n) is 9.06. The van der Waals surface area contributed by atoms with E-state index in [9.17, 15) is 5.11 Å². The molecule has 3 heteroatoms. The van der Waals surface area contributed by atoms with Crippen molar-refractivity contribution in [2.24, 2.45) is 0 Å². The average Bonchev–Trinajstić information content (AvgIpc) is 2.69. The molecule has 0 aliphatic rings. The molecule has 0 saturated heterocycles. The third kappa shape index (κ3) is 6.15. The van der Waals surface area contributed by atoms with Crippen LogP contribution in [-0.4, -0.2) is 26.1 Å². The van der Waals surface area contributed by atoms with Crippen molar-refractivity contribution in [3.8, 4) is 0 Å². The third-order valence-corrected chi connectivity index (χ3v) is 10.6. The maximum atomic E-state index is 10.4. The minimum atomic E-state index is -2.54. The summed E-state index contributed by atoms with van der Waals surface area (Å²) in [4.78, 5) is 0. The number of aliphatic hydroxyl groups is 1. The van der Waals surface area contributed by atoms with Gasteiger partial charge in [0.25, 0.3) is 8.32 Å². The van der Waals surface area contributed by atoms with E-state index >= 15 is 0 Å². The van der Waals surface area contributed by atoms with Gasteiger partial charge in [0.15, 0.2) is 0 Å². The molecule has 0 bridgehead atoms. The Morgan fingerprint density at radius 2 is 1.48 bits per heavy atom. The highest BCUT2D eigenvalue weighted by Crippen LogP contribution is 2.37. The van der Waals surface area contributed by atoms with Gasteiger partial charge in [-0.3, -0.25) is 0 Å². The van der Waals surface area contributed by atoms with Gasteiger partial charge in [0.1, 0.15) is 0 Å². The van der Waals surface area contributed by atoms with Crippen molar-refractivity contribution in [3.63, 3.8) is 0 Å². The quantitative estimate of drug-likeness (QED) is 0.303. The van der Waals surface area contributed by atoms with Gasteiger partial charge in [0.05, 0.1) is 12.7 Å². The topological polar surface area (TPSA) is 29.5 Å². The van der Waals surface area contributed by atoms with Crippen molar-refractivity contribution in [1.29, 1.82) is 0 Å². The molecular weight excluding hydrogens is 372 g/mol. The van der Waals surface area contributed by atoms with Gasteiger partial charge < -0.3 is 9.53 Å². The van der Waals surface area contributed by atoms with E-state index in [1.807, 2.05) is 0 Å². The van der Waals surface area contributed by atoms with Gasteiger partial charge in [-0.1, -0.05) is 120 Å². The van der Waals surface area contributed by atoms with E-state index in [0.717, 1.165) is 18.4 Å². The van der Waals surface area contributed by atoms with Crippen LogP contribution >= 0.6 is 0 Å². The van der Waals surface area contributed by atoms with Crippen molar-refractivity contribution in [2.75, 3.05) is 6.61 Å². The monoisotopic (exact) mass is 410 g/mol. The molecule has 1 atom stereocenters. The Morgan fingerprint density at radius 1 is 0.966 bits per heavy atom. The second-order valence-corrected chi connectivity index (χ2v) is 13.4. The molecular formula is C26H38O2Si. The fourth-order valence-electron chi connectivity index (χ4n) is 4.10. The fourth-order valence-corrected chi connectivity index (χ4v) is 8.67. The summed E-state index contributed by atoms with van der Waals surface area (Å²) < 4.78 is 6.88. The summed E-state index contributed by atoms with van der Waals surface area (Å²) in [5, 5.41) is 12.9. The molecule has 0 aliphatic heterocycles. The van der Waals surface area contributed by atoms with E-state index in [2.05, 4.69) is 94.9 Å². The summed E-state index contributed by atoms with van der Waals surface area (Å²) in [6.45, 7) is 13.7. The van der Waals surface area contributed by atoms with Crippen LogP contribution in [0.2, 0.25) is 5.04 Å². The zero-order valence-electron chi connectivity index (χ0n) is 18.7. The lowest BCUT2D eigenvalue weighted by molar-refractivity contribution is 0.156. The highest BCUT2D eigenvalue weighted by atomic mass is 28.4. The van der Waals surface area contributed by atoms with Gasteiger partial charge in [-0.25, -0.2) is 0 Å².